The number of aromatic nitrogens is 1. The van der Waals surface area contributed by atoms with Crippen LogP contribution in [0.5, 0.6) is 0 Å². The molecule has 0 spiro atoms. The van der Waals surface area contributed by atoms with Gasteiger partial charge in [-0.05, 0) is 55.0 Å². The number of hydrogen-bond donors (Lipinski definition) is 1. The van der Waals surface area contributed by atoms with Crippen LogP contribution in [0.4, 0.5) is 5.69 Å². The normalized spacial score (nSPS) is 17.9. The molecule has 1 aromatic heterocycles. The number of nitrogens with one attached hydrogen (secondary N) is 1. The molecule has 2 aromatic carbocycles. The first-order valence-corrected chi connectivity index (χ1v) is 12.2. The van der Waals surface area contributed by atoms with Crippen LogP contribution in [-0.2, 0) is 17.8 Å². The van der Waals surface area contributed by atoms with Crippen LogP contribution in [0.2, 0.25) is 0 Å². The van der Waals surface area contributed by atoms with Crippen LogP contribution in [-0.4, -0.2) is 34.4 Å². The van der Waals surface area contributed by atoms with Gasteiger partial charge >= 0.3 is 0 Å². The van der Waals surface area contributed by atoms with Gasteiger partial charge in [0, 0.05) is 49.2 Å². The van der Waals surface area contributed by atoms with Gasteiger partial charge < -0.3 is 9.88 Å². The van der Waals surface area contributed by atoms with Crippen LogP contribution in [0.3, 0.4) is 0 Å². The molecule has 0 saturated heterocycles. The Morgan fingerprint density at radius 2 is 1.97 bits per heavy atom. The van der Waals surface area contributed by atoms with Crippen LogP contribution >= 0.6 is 0 Å². The average molecular weight is 441 g/mol. The Bertz CT molecular complexity index is 1200. The van der Waals surface area contributed by atoms with E-state index in [-0.39, 0.29) is 11.4 Å². The van der Waals surface area contributed by atoms with Gasteiger partial charge in [0.25, 0.3) is 0 Å². The van der Waals surface area contributed by atoms with E-state index in [1.165, 1.54) is 30.4 Å². The number of para-hydroxylation sites is 1. The molecule has 1 aliphatic carbocycles. The van der Waals surface area contributed by atoms with Crippen molar-refractivity contribution in [3.8, 4) is 6.07 Å². The maximum atomic E-state index is 13.1. The van der Waals surface area contributed by atoms with Gasteiger partial charge in [0.1, 0.15) is 0 Å². The lowest BCUT2D eigenvalue weighted by Crippen LogP contribution is -2.54. The predicted molar refractivity (Wildman–Crippen MR) is 132 cm³/mol. The summed E-state index contributed by atoms with van der Waals surface area (Å²) in [5, 5.41) is 10.3. The minimum Gasteiger partial charge on any atom is -0.359 e. The Hall–Kier alpha value is -3.10. The summed E-state index contributed by atoms with van der Waals surface area (Å²) >= 11 is 0. The lowest BCUT2D eigenvalue weighted by molar-refractivity contribution is -0.118. The number of fused-ring (bicyclic) bond motifs is 2. The summed E-state index contributed by atoms with van der Waals surface area (Å²) in [6.07, 6.45) is 9.70. The van der Waals surface area contributed by atoms with E-state index in [0.717, 1.165) is 67.5 Å². The molecule has 5 rings (SSSR count). The monoisotopic (exact) mass is 440 g/mol. The van der Waals surface area contributed by atoms with Gasteiger partial charge in [-0.3, -0.25) is 9.69 Å². The van der Waals surface area contributed by atoms with Crippen molar-refractivity contribution < 1.29 is 4.79 Å². The number of benzene rings is 2. The largest absolute Gasteiger partial charge is 0.359 e. The van der Waals surface area contributed by atoms with Crippen LogP contribution < -0.4 is 4.90 Å². The number of amides is 1. The first kappa shape index (κ1) is 21.7. The van der Waals surface area contributed by atoms with Crippen molar-refractivity contribution in [1.29, 1.82) is 5.26 Å². The summed E-state index contributed by atoms with van der Waals surface area (Å²) in [5.41, 5.74) is 5.35. The van der Waals surface area contributed by atoms with Gasteiger partial charge in [-0.25, -0.2) is 0 Å². The summed E-state index contributed by atoms with van der Waals surface area (Å²) in [6, 6.07) is 16.6. The molecule has 33 heavy (non-hydrogen) atoms. The summed E-state index contributed by atoms with van der Waals surface area (Å²) < 4.78 is 0. The third-order valence-corrected chi connectivity index (χ3v) is 7.70. The van der Waals surface area contributed by atoms with Crippen molar-refractivity contribution in [3.05, 3.63) is 65.4 Å². The summed E-state index contributed by atoms with van der Waals surface area (Å²) in [6.45, 7) is 4.63. The van der Waals surface area contributed by atoms with E-state index in [1.807, 2.05) is 24.4 Å². The van der Waals surface area contributed by atoms with E-state index in [0.29, 0.717) is 0 Å². The second-order valence-corrected chi connectivity index (χ2v) is 9.73. The van der Waals surface area contributed by atoms with E-state index in [2.05, 4.69) is 45.1 Å². The quantitative estimate of drug-likeness (QED) is 0.566. The number of nitrogens with zero attached hydrogens (tertiary/aromatic N) is 3. The highest BCUT2D eigenvalue weighted by Crippen LogP contribution is 2.42. The molecule has 1 N–H and O–H groups in total. The Morgan fingerprint density at radius 1 is 1.15 bits per heavy atom. The molecule has 170 valence electrons. The van der Waals surface area contributed by atoms with Crippen LogP contribution in [0.15, 0.2) is 48.7 Å². The number of aromatic amines is 1. The molecule has 0 radical (unpaired) electrons. The number of rotatable bonds is 5. The number of carbonyl (C=O) groups is 1. The summed E-state index contributed by atoms with van der Waals surface area (Å²) in [5.74, 6) is 0.134. The van der Waals surface area contributed by atoms with Gasteiger partial charge in [0.2, 0.25) is 5.91 Å². The molecule has 1 saturated carbocycles. The molecule has 2 heterocycles. The summed E-state index contributed by atoms with van der Waals surface area (Å²) in [4.78, 5) is 21.2. The summed E-state index contributed by atoms with van der Waals surface area (Å²) in [7, 11) is 0. The van der Waals surface area contributed by atoms with Crippen molar-refractivity contribution in [2.45, 2.75) is 64.0 Å². The fraction of sp³-hybridized carbons (Fsp3) is 0.429. The molecule has 5 heteroatoms. The molecule has 2 aliphatic rings. The molecule has 1 aliphatic heterocycles. The first-order valence-electron chi connectivity index (χ1n) is 12.2. The number of hydrogen-bond acceptors (Lipinski definition) is 3. The minimum atomic E-state index is -0.139. The van der Waals surface area contributed by atoms with E-state index in [9.17, 15) is 10.1 Å². The molecule has 0 bridgehead atoms. The highest BCUT2D eigenvalue weighted by molar-refractivity contribution is 6.03. The van der Waals surface area contributed by atoms with Gasteiger partial charge in [-0.2, -0.15) is 5.26 Å². The first-order chi connectivity index (χ1) is 16.1. The number of nitriles is 1. The van der Waals surface area contributed by atoms with Crippen molar-refractivity contribution in [2.24, 2.45) is 0 Å². The Morgan fingerprint density at radius 3 is 2.76 bits per heavy atom. The third-order valence-electron chi connectivity index (χ3n) is 7.70. The van der Waals surface area contributed by atoms with Gasteiger partial charge in [0.15, 0.2) is 0 Å². The predicted octanol–water partition coefficient (Wildman–Crippen LogP) is 5.54. The van der Waals surface area contributed by atoms with E-state index in [4.69, 9.17) is 0 Å². The minimum absolute atomic E-state index is 0.134. The smallest absolute Gasteiger partial charge is 0.224 e. The third kappa shape index (κ3) is 4.16. The molecule has 1 fully saturated rings. The SMILES string of the molecule is CC(=O)N(c1c[nH]c2ccccc12)C1(CCN2CCc3cc(C#N)ccc3C2)CCCCC1. The number of carbonyl (C=O) groups excluding carboxylic acids is 1. The van der Waals surface area contributed by atoms with Crippen LogP contribution in [0.25, 0.3) is 10.9 Å². The lowest BCUT2D eigenvalue weighted by Gasteiger charge is -2.47. The van der Waals surface area contributed by atoms with Crippen LogP contribution in [0.1, 0.15) is 62.1 Å². The van der Waals surface area contributed by atoms with Gasteiger partial charge in [-0.1, -0.05) is 43.5 Å². The number of anilines is 1. The molecule has 5 nitrogen and oxygen atoms in total. The zero-order valence-corrected chi connectivity index (χ0v) is 19.4. The second-order valence-electron chi connectivity index (χ2n) is 9.73. The van der Waals surface area contributed by atoms with Crippen molar-refractivity contribution >= 4 is 22.5 Å². The van der Waals surface area contributed by atoms with Gasteiger partial charge in [-0.15, -0.1) is 0 Å². The Labute approximate surface area is 196 Å². The molecule has 1 amide bonds. The fourth-order valence-electron chi connectivity index (χ4n) is 6.03. The number of H-pyrrole nitrogens is 1. The standard InChI is InChI=1S/C28H32N4O/c1-21(33)32(27-19-30-26-8-4-3-7-25(26)27)28(12-5-2-6-13-28)14-16-31-15-11-23-17-22(18-29)9-10-24(23)20-31/h3-4,7-10,17,19,30H,2,5-6,11-16,20H2,1H3. The molecular weight excluding hydrogens is 408 g/mol. The van der Waals surface area contributed by atoms with E-state index in [1.54, 1.807) is 6.92 Å². The van der Waals surface area contributed by atoms with Gasteiger partial charge in [0.05, 0.1) is 17.3 Å². The van der Waals surface area contributed by atoms with Crippen molar-refractivity contribution in [3.63, 3.8) is 0 Å². The van der Waals surface area contributed by atoms with E-state index < -0.39 is 0 Å². The lowest BCUT2D eigenvalue weighted by atomic mass is 9.77. The molecular formula is C28H32N4O. The Kier molecular flexibility index (Phi) is 5.95. The van der Waals surface area contributed by atoms with Crippen molar-refractivity contribution in [1.82, 2.24) is 9.88 Å². The van der Waals surface area contributed by atoms with E-state index >= 15 is 0 Å². The highest BCUT2D eigenvalue weighted by atomic mass is 16.2. The highest BCUT2D eigenvalue weighted by Gasteiger charge is 2.41. The maximum Gasteiger partial charge on any atom is 0.224 e. The molecule has 0 unspecified atom stereocenters. The molecule has 0 atom stereocenters. The Balaban J connectivity index is 1.40. The zero-order chi connectivity index (χ0) is 22.8. The van der Waals surface area contributed by atoms with Crippen LogP contribution in [0, 0.1) is 11.3 Å². The topological polar surface area (TPSA) is 63.1 Å². The maximum absolute atomic E-state index is 13.1. The molecule has 3 aromatic rings. The second kappa shape index (κ2) is 9.03. The fourth-order valence-corrected chi connectivity index (χ4v) is 6.03. The van der Waals surface area contributed by atoms with Crippen molar-refractivity contribution in [2.75, 3.05) is 18.0 Å². The zero-order valence-electron chi connectivity index (χ0n) is 19.4. The average Bonchev–Trinajstić information content (AvgIpc) is 3.26.